The average molecular weight is 271 g/mol. The largest absolute Gasteiger partial charge is 0.480 e. The van der Waals surface area contributed by atoms with Gasteiger partial charge in [-0.3, -0.25) is 9.59 Å². The number of carboxylic acid groups (broad SMARTS) is 1. The summed E-state index contributed by atoms with van der Waals surface area (Å²) in [6, 6.07) is 0. The molecule has 0 saturated heterocycles. The molecule has 0 atom stereocenters. The summed E-state index contributed by atoms with van der Waals surface area (Å²) in [5.74, 6) is -0.707. The SMILES string of the molecule is CCOC1CC(CC(=O)N(CC(=O)O)C(C)(C)C)C1. The van der Waals surface area contributed by atoms with Gasteiger partial charge in [0.25, 0.3) is 0 Å². The highest BCUT2D eigenvalue weighted by Crippen LogP contribution is 2.33. The minimum absolute atomic E-state index is 0.0742. The van der Waals surface area contributed by atoms with E-state index in [1.807, 2.05) is 27.7 Å². The summed E-state index contributed by atoms with van der Waals surface area (Å²) < 4.78 is 5.46. The Labute approximate surface area is 114 Å². The first-order chi connectivity index (χ1) is 8.74. The van der Waals surface area contributed by atoms with Crippen molar-refractivity contribution in [3.63, 3.8) is 0 Å². The van der Waals surface area contributed by atoms with Crippen LogP contribution >= 0.6 is 0 Å². The van der Waals surface area contributed by atoms with E-state index in [0.29, 0.717) is 18.9 Å². The van der Waals surface area contributed by atoms with Crippen molar-refractivity contribution in [3.8, 4) is 0 Å². The van der Waals surface area contributed by atoms with Crippen molar-refractivity contribution in [3.05, 3.63) is 0 Å². The summed E-state index contributed by atoms with van der Waals surface area (Å²) in [6.45, 7) is 8.02. The van der Waals surface area contributed by atoms with E-state index in [0.717, 1.165) is 12.8 Å². The van der Waals surface area contributed by atoms with Gasteiger partial charge in [-0.05, 0) is 46.5 Å². The van der Waals surface area contributed by atoms with Crippen molar-refractivity contribution in [2.75, 3.05) is 13.2 Å². The fraction of sp³-hybridized carbons (Fsp3) is 0.857. The zero-order valence-corrected chi connectivity index (χ0v) is 12.3. The van der Waals surface area contributed by atoms with Gasteiger partial charge in [0.05, 0.1) is 6.10 Å². The van der Waals surface area contributed by atoms with E-state index in [1.54, 1.807) is 0 Å². The minimum Gasteiger partial charge on any atom is -0.480 e. The second kappa shape index (κ2) is 6.37. The number of carbonyl (C=O) groups excluding carboxylic acids is 1. The van der Waals surface area contributed by atoms with Gasteiger partial charge in [0.15, 0.2) is 0 Å². The van der Waals surface area contributed by atoms with Crippen LogP contribution in [0, 0.1) is 5.92 Å². The number of carbonyl (C=O) groups is 2. The molecule has 0 spiro atoms. The Hall–Kier alpha value is -1.10. The van der Waals surface area contributed by atoms with Crippen molar-refractivity contribution in [1.82, 2.24) is 4.90 Å². The van der Waals surface area contributed by atoms with E-state index >= 15 is 0 Å². The molecule has 0 radical (unpaired) electrons. The molecule has 0 unspecified atom stereocenters. The molecule has 5 heteroatoms. The third-order valence-corrected chi connectivity index (χ3v) is 3.46. The van der Waals surface area contributed by atoms with Crippen LogP contribution in [0.1, 0.15) is 47.0 Å². The predicted octanol–water partition coefficient (Wildman–Crippen LogP) is 1.90. The van der Waals surface area contributed by atoms with E-state index < -0.39 is 11.5 Å². The Balaban J connectivity index is 2.48. The van der Waals surface area contributed by atoms with Crippen molar-refractivity contribution >= 4 is 11.9 Å². The number of nitrogens with zero attached hydrogens (tertiary/aromatic N) is 1. The second-order valence-electron chi connectivity index (χ2n) is 6.16. The molecule has 0 heterocycles. The standard InChI is InChI=1S/C14H25NO4/c1-5-19-11-6-10(7-11)8-12(16)15(9-13(17)18)14(2,3)4/h10-11H,5-9H2,1-4H3,(H,17,18). The highest BCUT2D eigenvalue weighted by atomic mass is 16.5. The number of hydrogen-bond acceptors (Lipinski definition) is 3. The van der Waals surface area contributed by atoms with Gasteiger partial charge in [-0.15, -0.1) is 0 Å². The van der Waals surface area contributed by atoms with Crippen LogP contribution in [-0.2, 0) is 14.3 Å². The first-order valence-electron chi connectivity index (χ1n) is 6.88. The van der Waals surface area contributed by atoms with Gasteiger partial charge in [-0.25, -0.2) is 0 Å². The van der Waals surface area contributed by atoms with Crippen molar-refractivity contribution < 1.29 is 19.4 Å². The quantitative estimate of drug-likeness (QED) is 0.801. The smallest absolute Gasteiger partial charge is 0.323 e. The number of carboxylic acids is 1. The lowest BCUT2D eigenvalue weighted by Crippen LogP contribution is -2.49. The van der Waals surface area contributed by atoms with E-state index in [-0.39, 0.29) is 18.6 Å². The molecular weight excluding hydrogens is 246 g/mol. The van der Waals surface area contributed by atoms with Crippen LogP contribution in [0.3, 0.4) is 0 Å². The number of hydrogen-bond donors (Lipinski definition) is 1. The summed E-state index contributed by atoms with van der Waals surface area (Å²) in [7, 11) is 0. The lowest BCUT2D eigenvalue weighted by atomic mass is 9.79. The summed E-state index contributed by atoms with van der Waals surface area (Å²) in [6.07, 6.45) is 2.52. The molecule has 1 rings (SSSR count). The van der Waals surface area contributed by atoms with E-state index in [4.69, 9.17) is 9.84 Å². The predicted molar refractivity (Wildman–Crippen MR) is 71.9 cm³/mol. The lowest BCUT2D eigenvalue weighted by Gasteiger charge is -2.39. The summed E-state index contributed by atoms with van der Waals surface area (Å²) in [5, 5.41) is 8.90. The molecule has 1 saturated carbocycles. The highest BCUT2D eigenvalue weighted by Gasteiger charge is 2.35. The first kappa shape index (κ1) is 16.0. The van der Waals surface area contributed by atoms with E-state index in [2.05, 4.69) is 0 Å². The molecule has 0 aliphatic heterocycles. The number of rotatable bonds is 6. The fourth-order valence-corrected chi connectivity index (χ4v) is 2.40. The van der Waals surface area contributed by atoms with Crippen molar-refractivity contribution in [1.29, 1.82) is 0 Å². The highest BCUT2D eigenvalue weighted by molar-refractivity contribution is 5.82. The third kappa shape index (κ3) is 4.82. The van der Waals surface area contributed by atoms with Gasteiger partial charge in [0.1, 0.15) is 6.54 Å². The Morgan fingerprint density at radius 2 is 1.89 bits per heavy atom. The van der Waals surface area contributed by atoms with E-state index in [1.165, 1.54) is 4.90 Å². The second-order valence-corrected chi connectivity index (χ2v) is 6.16. The Bertz CT molecular complexity index is 329. The molecule has 19 heavy (non-hydrogen) atoms. The Morgan fingerprint density at radius 1 is 1.32 bits per heavy atom. The van der Waals surface area contributed by atoms with Crippen LogP contribution in [0.4, 0.5) is 0 Å². The molecule has 0 aromatic carbocycles. The molecule has 1 aliphatic rings. The Kier molecular flexibility index (Phi) is 5.35. The van der Waals surface area contributed by atoms with Crippen LogP contribution in [0.25, 0.3) is 0 Å². The zero-order valence-electron chi connectivity index (χ0n) is 12.3. The van der Waals surface area contributed by atoms with Gasteiger partial charge in [-0.1, -0.05) is 0 Å². The molecule has 0 aromatic heterocycles. The first-order valence-corrected chi connectivity index (χ1v) is 6.88. The van der Waals surface area contributed by atoms with Crippen LogP contribution in [0.5, 0.6) is 0 Å². The monoisotopic (exact) mass is 271 g/mol. The van der Waals surface area contributed by atoms with Gasteiger partial charge >= 0.3 is 5.97 Å². The molecule has 1 amide bonds. The number of aliphatic carboxylic acids is 1. The maximum atomic E-state index is 12.2. The summed E-state index contributed by atoms with van der Waals surface area (Å²) in [4.78, 5) is 24.5. The van der Waals surface area contributed by atoms with Crippen molar-refractivity contribution in [2.45, 2.75) is 58.6 Å². The normalized spacial score (nSPS) is 22.7. The van der Waals surface area contributed by atoms with Crippen molar-refractivity contribution in [2.24, 2.45) is 5.92 Å². The molecule has 1 fully saturated rings. The molecule has 0 aromatic rings. The van der Waals surface area contributed by atoms with Crippen LogP contribution in [0.2, 0.25) is 0 Å². The van der Waals surface area contributed by atoms with Gasteiger partial charge in [-0.2, -0.15) is 0 Å². The molecule has 110 valence electrons. The fourth-order valence-electron chi connectivity index (χ4n) is 2.40. The van der Waals surface area contributed by atoms with E-state index in [9.17, 15) is 9.59 Å². The molecule has 1 N–H and O–H groups in total. The number of amides is 1. The van der Waals surface area contributed by atoms with Crippen LogP contribution < -0.4 is 0 Å². The molecule has 5 nitrogen and oxygen atoms in total. The molecule has 0 bridgehead atoms. The number of ether oxygens (including phenoxy) is 1. The Morgan fingerprint density at radius 3 is 2.32 bits per heavy atom. The topological polar surface area (TPSA) is 66.8 Å². The average Bonchev–Trinajstić information content (AvgIpc) is 2.21. The summed E-state index contributed by atoms with van der Waals surface area (Å²) in [5.41, 5.74) is -0.460. The summed E-state index contributed by atoms with van der Waals surface area (Å²) >= 11 is 0. The maximum Gasteiger partial charge on any atom is 0.323 e. The third-order valence-electron chi connectivity index (χ3n) is 3.46. The van der Waals surface area contributed by atoms with Gasteiger partial charge < -0.3 is 14.7 Å². The zero-order chi connectivity index (χ0) is 14.6. The van der Waals surface area contributed by atoms with Crippen LogP contribution in [0.15, 0.2) is 0 Å². The van der Waals surface area contributed by atoms with Gasteiger partial charge in [0, 0.05) is 18.6 Å². The molecule has 1 aliphatic carbocycles. The van der Waals surface area contributed by atoms with Gasteiger partial charge in [0.2, 0.25) is 5.91 Å². The lowest BCUT2D eigenvalue weighted by molar-refractivity contribution is -0.149. The molecular formula is C14H25NO4. The minimum atomic E-state index is -0.968. The maximum absolute atomic E-state index is 12.2. The van der Waals surface area contributed by atoms with Crippen LogP contribution in [-0.4, -0.2) is 46.7 Å².